The van der Waals surface area contributed by atoms with E-state index in [9.17, 15) is 4.79 Å². The lowest BCUT2D eigenvalue weighted by molar-refractivity contribution is 0.882. The molecule has 2 aromatic heterocycles. The van der Waals surface area contributed by atoms with E-state index in [1.54, 1.807) is 29.2 Å². The van der Waals surface area contributed by atoms with Crippen LogP contribution in [0, 0.1) is 0 Å². The summed E-state index contributed by atoms with van der Waals surface area (Å²) in [7, 11) is 0. The third-order valence-corrected chi connectivity index (χ3v) is 2.65. The zero-order valence-corrected chi connectivity index (χ0v) is 9.45. The minimum absolute atomic E-state index is 0.227. The molecule has 0 aliphatic rings. The summed E-state index contributed by atoms with van der Waals surface area (Å²) in [6.45, 7) is 0. The largest absolute Gasteiger partial charge is 0.273 e. The van der Waals surface area contributed by atoms with Crippen LogP contribution in [0.4, 0.5) is 0 Å². The molecule has 5 heteroatoms. The fraction of sp³-hybridized carbons (Fsp3) is 0. The van der Waals surface area contributed by atoms with Gasteiger partial charge in [0.2, 0.25) is 0 Å². The maximum absolute atomic E-state index is 11.7. The number of aromatic nitrogens is 4. The van der Waals surface area contributed by atoms with Gasteiger partial charge in [-0.3, -0.25) is 4.79 Å². The molecule has 2 heterocycles. The highest BCUT2D eigenvalue weighted by Crippen LogP contribution is 2.18. The van der Waals surface area contributed by atoms with Crippen LogP contribution in [0.25, 0.3) is 16.9 Å². The third-order valence-electron chi connectivity index (χ3n) is 2.65. The number of nitrogens with one attached hydrogen (secondary N) is 1. The van der Waals surface area contributed by atoms with Crippen molar-refractivity contribution in [2.75, 3.05) is 0 Å². The molecule has 0 aliphatic carbocycles. The first-order valence-electron chi connectivity index (χ1n) is 5.50. The Morgan fingerprint density at radius 3 is 2.61 bits per heavy atom. The van der Waals surface area contributed by atoms with Crippen molar-refractivity contribution in [1.82, 2.24) is 20.0 Å². The Kier molecular flexibility index (Phi) is 2.49. The van der Waals surface area contributed by atoms with Gasteiger partial charge in [-0.2, -0.15) is 10.2 Å². The van der Waals surface area contributed by atoms with Gasteiger partial charge in [-0.05, 0) is 24.3 Å². The molecule has 0 fully saturated rings. The van der Waals surface area contributed by atoms with Crippen LogP contribution < -0.4 is 5.56 Å². The van der Waals surface area contributed by atoms with Gasteiger partial charge in [0.1, 0.15) is 0 Å². The molecule has 0 saturated carbocycles. The zero-order valence-electron chi connectivity index (χ0n) is 9.45. The summed E-state index contributed by atoms with van der Waals surface area (Å²) in [5.74, 6) is 0. The van der Waals surface area contributed by atoms with Crippen molar-refractivity contribution in [3.8, 4) is 16.9 Å². The first-order valence-corrected chi connectivity index (χ1v) is 5.50. The summed E-state index contributed by atoms with van der Waals surface area (Å²) in [5, 5.41) is 10.4. The Hall–Kier alpha value is -2.69. The van der Waals surface area contributed by atoms with Crippen molar-refractivity contribution in [1.29, 1.82) is 0 Å². The molecule has 0 radical (unpaired) electrons. The summed E-state index contributed by atoms with van der Waals surface area (Å²) in [6.07, 6.45) is 3.22. The molecule has 3 aromatic rings. The van der Waals surface area contributed by atoms with E-state index in [1.165, 1.54) is 0 Å². The van der Waals surface area contributed by atoms with Crippen LogP contribution in [0.2, 0.25) is 0 Å². The molecular weight excluding hydrogens is 228 g/mol. The van der Waals surface area contributed by atoms with Crippen molar-refractivity contribution < 1.29 is 0 Å². The van der Waals surface area contributed by atoms with E-state index in [0.29, 0.717) is 5.56 Å². The number of benzene rings is 1. The van der Waals surface area contributed by atoms with Crippen molar-refractivity contribution in [3.05, 3.63) is 65.2 Å². The van der Waals surface area contributed by atoms with E-state index in [2.05, 4.69) is 15.3 Å². The van der Waals surface area contributed by atoms with Gasteiger partial charge >= 0.3 is 0 Å². The normalized spacial score (nSPS) is 10.4. The molecular formula is C13H10N4O. The standard InChI is InChI=1S/C13H10N4O/c18-13-11(6-8-14-16-13)12-7-9-15-17(12)10-4-2-1-3-5-10/h1-9H,(H,16,18). The number of nitrogens with zero attached hydrogens (tertiary/aromatic N) is 3. The molecule has 0 spiro atoms. The predicted molar refractivity (Wildman–Crippen MR) is 67.4 cm³/mol. The van der Waals surface area contributed by atoms with Crippen LogP contribution in [0.5, 0.6) is 0 Å². The maximum atomic E-state index is 11.7. The van der Waals surface area contributed by atoms with Gasteiger partial charge in [0.25, 0.3) is 5.56 Å². The fourth-order valence-corrected chi connectivity index (χ4v) is 1.83. The topological polar surface area (TPSA) is 63.6 Å². The molecule has 88 valence electrons. The van der Waals surface area contributed by atoms with Gasteiger partial charge in [0.15, 0.2) is 0 Å². The molecule has 0 atom stereocenters. The molecule has 1 aromatic carbocycles. The zero-order chi connectivity index (χ0) is 12.4. The average molecular weight is 238 g/mol. The van der Waals surface area contributed by atoms with Crippen molar-refractivity contribution in [3.63, 3.8) is 0 Å². The van der Waals surface area contributed by atoms with E-state index in [-0.39, 0.29) is 5.56 Å². The van der Waals surface area contributed by atoms with E-state index >= 15 is 0 Å². The van der Waals surface area contributed by atoms with Crippen LogP contribution in [0.3, 0.4) is 0 Å². The fourth-order valence-electron chi connectivity index (χ4n) is 1.83. The van der Waals surface area contributed by atoms with Gasteiger partial charge in [0.05, 0.1) is 23.1 Å². The SMILES string of the molecule is O=c1[nH]nccc1-c1ccnn1-c1ccccc1. The highest BCUT2D eigenvalue weighted by atomic mass is 16.1. The first-order chi connectivity index (χ1) is 8.86. The monoisotopic (exact) mass is 238 g/mol. The molecule has 0 aliphatic heterocycles. The molecule has 1 N–H and O–H groups in total. The van der Waals surface area contributed by atoms with E-state index < -0.39 is 0 Å². The highest BCUT2D eigenvalue weighted by molar-refractivity contribution is 5.60. The van der Waals surface area contributed by atoms with Gasteiger partial charge in [-0.25, -0.2) is 9.78 Å². The quantitative estimate of drug-likeness (QED) is 0.738. The van der Waals surface area contributed by atoms with Gasteiger partial charge in [-0.15, -0.1) is 0 Å². The predicted octanol–water partition coefficient (Wildman–Crippen LogP) is 1.62. The van der Waals surface area contributed by atoms with Crippen LogP contribution >= 0.6 is 0 Å². The van der Waals surface area contributed by atoms with Crippen molar-refractivity contribution in [2.24, 2.45) is 0 Å². The van der Waals surface area contributed by atoms with Gasteiger partial charge < -0.3 is 0 Å². The molecule has 3 rings (SSSR count). The molecule has 5 nitrogen and oxygen atoms in total. The lowest BCUT2D eigenvalue weighted by atomic mass is 10.2. The molecule has 0 bridgehead atoms. The Morgan fingerprint density at radius 1 is 1.00 bits per heavy atom. The van der Waals surface area contributed by atoms with Crippen LogP contribution in [-0.2, 0) is 0 Å². The lowest BCUT2D eigenvalue weighted by Crippen LogP contribution is -2.12. The first kappa shape index (κ1) is 10.5. The average Bonchev–Trinajstić information content (AvgIpc) is 2.89. The Labute approximate surface area is 103 Å². The second-order valence-electron chi connectivity index (χ2n) is 3.76. The smallest absolute Gasteiger partial charge is 0.267 e. The minimum Gasteiger partial charge on any atom is -0.267 e. The molecule has 0 amide bonds. The second kappa shape index (κ2) is 4.29. The number of hydrogen-bond acceptors (Lipinski definition) is 3. The van der Waals surface area contributed by atoms with Gasteiger partial charge in [-0.1, -0.05) is 18.2 Å². The number of para-hydroxylation sites is 1. The Balaban J connectivity index is 2.20. The number of rotatable bonds is 2. The summed E-state index contributed by atoms with van der Waals surface area (Å²) < 4.78 is 1.73. The van der Waals surface area contributed by atoms with Crippen molar-refractivity contribution >= 4 is 0 Å². The second-order valence-corrected chi connectivity index (χ2v) is 3.76. The number of aromatic amines is 1. The Bertz CT molecular complexity index is 715. The van der Waals surface area contributed by atoms with E-state index in [0.717, 1.165) is 11.4 Å². The number of H-pyrrole nitrogens is 1. The van der Waals surface area contributed by atoms with Crippen LogP contribution in [-0.4, -0.2) is 20.0 Å². The van der Waals surface area contributed by atoms with Gasteiger partial charge in [0, 0.05) is 6.20 Å². The molecule has 18 heavy (non-hydrogen) atoms. The third kappa shape index (κ3) is 1.71. The summed E-state index contributed by atoms with van der Waals surface area (Å²) in [5.41, 5.74) is 1.97. The van der Waals surface area contributed by atoms with Crippen LogP contribution in [0.15, 0.2) is 59.7 Å². The Morgan fingerprint density at radius 2 is 1.83 bits per heavy atom. The van der Waals surface area contributed by atoms with E-state index in [4.69, 9.17) is 0 Å². The van der Waals surface area contributed by atoms with Crippen LogP contribution in [0.1, 0.15) is 0 Å². The molecule has 0 unspecified atom stereocenters. The highest BCUT2D eigenvalue weighted by Gasteiger charge is 2.09. The van der Waals surface area contributed by atoms with Crippen molar-refractivity contribution in [2.45, 2.75) is 0 Å². The summed E-state index contributed by atoms with van der Waals surface area (Å²) in [4.78, 5) is 11.7. The minimum atomic E-state index is -0.227. The van der Waals surface area contributed by atoms with E-state index in [1.807, 2.05) is 30.3 Å². The number of hydrogen-bond donors (Lipinski definition) is 1. The molecule has 0 saturated heterocycles. The summed E-state index contributed by atoms with van der Waals surface area (Å²) >= 11 is 0. The lowest BCUT2D eigenvalue weighted by Gasteiger charge is -2.06. The maximum Gasteiger partial charge on any atom is 0.273 e. The summed E-state index contributed by atoms with van der Waals surface area (Å²) in [6, 6.07) is 13.1.